The second-order valence-electron chi connectivity index (χ2n) is 7.92. The van der Waals surface area contributed by atoms with Crippen molar-refractivity contribution in [1.29, 1.82) is 0 Å². The lowest BCUT2D eigenvalue weighted by molar-refractivity contribution is -0.0500. The highest BCUT2D eigenvalue weighted by Gasteiger charge is 2.60. The lowest BCUT2D eigenvalue weighted by atomic mass is 9.42. The van der Waals surface area contributed by atoms with Gasteiger partial charge in [0, 0.05) is 4.83 Å². The summed E-state index contributed by atoms with van der Waals surface area (Å²) in [5, 5.41) is 0. The van der Waals surface area contributed by atoms with Crippen molar-refractivity contribution < 1.29 is 4.74 Å². The summed E-state index contributed by atoms with van der Waals surface area (Å²) < 4.78 is 5.50. The van der Waals surface area contributed by atoms with Gasteiger partial charge in [0.1, 0.15) is 5.75 Å². The molecule has 2 heteroatoms. The summed E-state index contributed by atoms with van der Waals surface area (Å²) in [4.78, 5) is 0.607. The van der Waals surface area contributed by atoms with Crippen molar-refractivity contribution in [3.63, 3.8) is 0 Å². The van der Waals surface area contributed by atoms with Gasteiger partial charge in [-0.05, 0) is 65.2 Å². The SMILES string of the molecule is COc1ccc2c(c1)C1(C)CCC(Br)C(C)(C)C1(C)CC2. The Labute approximate surface area is 137 Å². The molecule has 0 N–H and O–H groups in total. The number of hydrogen-bond donors (Lipinski definition) is 0. The Bertz CT molecular complexity index is 565. The zero-order chi connectivity index (χ0) is 15.5. The van der Waals surface area contributed by atoms with Gasteiger partial charge in [-0.15, -0.1) is 0 Å². The lowest BCUT2D eigenvalue weighted by Crippen LogP contribution is -2.59. The van der Waals surface area contributed by atoms with Gasteiger partial charge in [-0.25, -0.2) is 0 Å². The fourth-order valence-electron chi connectivity index (χ4n) is 4.94. The maximum Gasteiger partial charge on any atom is 0.119 e. The first-order chi connectivity index (χ1) is 9.76. The normalized spacial score (nSPS) is 37.5. The zero-order valence-electron chi connectivity index (χ0n) is 13.9. The number of ether oxygens (including phenoxy) is 1. The van der Waals surface area contributed by atoms with Crippen LogP contribution in [0.2, 0.25) is 0 Å². The van der Waals surface area contributed by atoms with Crippen LogP contribution in [0.3, 0.4) is 0 Å². The molecule has 1 nitrogen and oxygen atoms in total. The minimum atomic E-state index is 0.239. The molecule has 0 spiro atoms. The molecule has 3 unspecified atom stereocenters. The van der Waals surface area contributed by atoms with Gasteiger partial charge in [0.2, 0.25) is 0 Å². The Morgan fingerprint density at radius 2 is 1.86 bits per heavy atom. The van der Waals surface area contributed by atoms with Crippen molar-refractivity contribution in [3.05, 3.63) is 29.3 Å². The molecular weight excluding hydrogens is 324 g/mol. The molecule has 2 aliphatic carbocycles. The van der Waals surface area contributed by atoms with Gasteiger partial charge in [0.25, 0.3) is 0 Å². The van der Waals surface area contributed by atoms with E-state index in [1.165, 1.54) is 36.8 Å². The average Bonchev–Trinajstić information content (AvgIpc) is 2.47. The largest absolute Gasteiger partial charge is 0.497 e. The Morgan fingerprint density at radius 1 is 1.14 bits per heavy atom. The first-order valence-electron chi connectivity index (χ1n) is 8.08. The van der Waals surface area contributed by atoms with Crippen molar-refractivity contribution in [2.24, 2.45) is 10.8 Å². The molecule has 1 aromatic carbocycles. The summed E-state index contributed by atoms with van der Waals surface area (Å²) in [6.45, 7) is 9.91. The molecule has 3 atom stereocenters. The number of alkyl halides is 1. The topological polar surface area (TPSA) is 9.23 Å². The van der Waals surface area contributed by atoms with Crippen molar-refractivity contribution in [2.45, 2.75) is 63.6 Å². The third kappa shape index (κ3) is 1.87. The van der Waals surface area contributed by atoms with E-state index in [0.717, 1.165) is 5.75 Å². The maximum absolute atomic E-state index is 5.50. The molecular formula is C19H27BrO. The molecule has 1 aromatic rings. The van der Waals surface area contributed by atoms with E-state index in [-0.39, 0.29) is 5.41 Å². The minimum absolute atomic E-state index is 0.239. The van der Waals surface area contributed by atoms with Gasteiger partial charge in [-0.1, -0.05) is 49.7 Å². The molecule has 0 radical (unpaired) electrons. The van der Waals surface area contributed by atoms with Crippen LogP contribution in [0.5, 0.6) is 5.75 Å². The van der Waals surface area contributed by atoms with Gasteiger partial charge in [0.05, 0.1) is 7.11 Å². The molecule has 0 saturated heterocycles. The third-order valence-electron chi connectivity index (χ3n) is 7.13. The van der Waals surface area contributed by atoms with E-state index in [2.05, 4.69) is 61.8 Å². The van der Waals surface area contributed by atoms with Crippen LogP contribution in [0.25, 0.3) is 0 Å². The van der Waals surface area contributed by atoms with Gasteiger partial charge in [-0.3, -0.25) is 0 Å². The fourth-order valence-corrected chi connectivity index (χ4v) is 5.67. The summed E-state index contributed by atoms with van der Waals surface area (Å²) in [7, 11) is 1.77. The third-order valence-corrected chi connectivity index (χ3v) is 8.73. The first kappa shape index (κ1) is 15.4. The second kappa shape index (κ2) is 4.75. The van der Waals surface area contributed by atoms with Crippen LogP contribution in [0.15, 0.2) is 18.2 Å². The van der Waals surface area contributed by atoms with Gasteiger partial charge in [-0.2, -0.15) is 0 Å². The molecule has 0 aromatic heterocycles. The van der Waals surface area contributed by atoms with Crippen molar-refractivity contribution in [1.82, 2.24) is 0 Å². The van der Waals surface area contributed by atoms with Crippen molar-refractivity contribution in [3.8, 4) is 5.75 Å². The molecule has 2 aliphatic rings. The van der Waals surface area contributed by atoms with Crippen LogP contribution >= 0.6 is 15.9 Å². The van der Waals surface area contributed by atoms with E-state index in [4.69, 9.17) is 4.74 Å². The van der Waals surface area contributed by atoms with Crippen LogP contribution in [0.4, 0.5) is 0 Å². The number of hydrogen-bond acceptors (Lipinski definition) is 1. The highest BCUT2D eigenvalue weighted by molar-refractivity contribution is 9.09. The molecule has 1 saturated carbocycles. The number of aryl methyl sites for hydroxylation is 1. The van der Waals surface area contributed by atoms with E-state index < -0.39 is 0 Å². The number of fused-ring (bicyclic) bond motifs is 3. The molecule has 0 heterocycles. The van der Waals surface area contributed by atoms with E-state index in [1.807, 2.05) is 0 Å². The van der Waals surface area contributed by atoms with Gasteiger partial charge < -0.3 is 4.74 Å². The summed E-state index contributed by atoms with van der Waals surface area (Å²) >= 11 is 3.97. The van der Waals surface area contributed by atoms with E-state index in [9.17, 15) is 0 Å². The molecule has 0 amide bonds. The van der Waals surface area contributed by atoms with E-state index >= 15 is 0 Å². The fraction of sp³-hybridized carbons (Fsp3) is 0.684. The number of rotatable bonds is 1. The molecule has 3 rings (SSSR count). The quantitative estimate of drug-likeness (QED) is 0.608. The van der Waals surface area contributed by atoms with E-state index in [0.29, 0.717) is 15.7 Å². The number of benzene rings is 1. The Balaban J connectivity index is 2.19. The van der Waals surface area contributed by atoms with Gasteiger partial charge >= 0.3 is 0 Å². The van der Waals surface area contributed by atoms with Crippen LogP contribution in [0, 0.1) is 10.8 Å². The van der Waals surface area contributed by atoms with Gasteiger partial charge in [0.15, 0.2) is 0 Å². The molecule has 0 aliphatic heterocycles. The summed E-state index contributed by atoms with van der Waals surface area (Å²) in [5.74, 6) is 0.998. The Hall–Kier alpha value is -0.500. The average molecular weight is 351 g/mol. The zero-order valence-corrected chi connectivity index (χ0v) is 15.5. The maximum atomic E-state index is 5.50. The highest BCUT2D eigenvalue weighted by Crippen LogP contribution is 2.66. The first-order valence-corrected chi connectivity index (χ1v) is 8.99. The monoisotopic (exact) mass is 350 g/mol. The molecule has 1 fully saturated rings. The van der Waals surface area contributed by atoms with Crippen LogP contribution in [-0.2, 0) is 11.8 Å². The van der Waals surface area contributed by atoms with Crippen LogP contribution in [0.1, 0.15) is 58.1 Å². The van der Waals surface area contributed by atoms with Crippen molar-refractivity contribution >= 4 is 15.9 Å². The van der Waals surface area contributed by atoms with Crippen LogP contribution < -0.4 is 4.74 Å². The lowest BCUT2D eigenvalue weighted by Gasteiger charge is -2.64. The second-order valence-corrected chi connectivity index (χ2v) is 9.02. The Morgan fingerprint density at radius 3 is 2.52 bits per heavy atom. The molecule has 21 heavy (non-hydrogen) atoms. The number of halogens is 1. The summed E-state index contributed by atoms with van der Waals surface area (Å²) in [6, 6.07) is 6.70. The minimum Gasteiger partial charge on any atom is -0.497 e. The number of methoxy groups -OCH3 is 1. The molecule has 0 bridgehead atoms. The predicted octanol–water partition coefficient (Wildman–Crippen LogP) is 5.49. The van der Waals surface area contributed by atoms with Crippen LogP contribution in [-0.4, -0.2) is 11.9 Å². The smallest absolute Gasteiger partial charge is 0.119 e. The molecule has 116 valence electrons. The Kier molecular flexibility index (Phi) is 3.48. The summed E-state index contributed by atoms with van der Waals surface area (Å²) in [5.41, 5.74) is 3.90. The van der Waals surface area contributed by atoms with E-state index in [1.54, 1.807) is 7.11 Å². The van der Waals surface area contributed by atoms with Crippen molar-refractivity contribution in [2.75, 3.05) is 7.11 Å². The standard InChI is InChI=1S/C19H27BrO/c1-17(2)16(20)9-10-18(3)15-12-14(21-5)7-6-13(15)8-11-19(17,18)4/h6-7,12,16H,8-11H2,1-5H3. The predicted molar refractivity (Wildman–Crippen MR) is 92.5 cm³/mol. The highest BCUT2D eigenvalue weighted by atomic mass is 79.9. The summed E-state index contributed by atoms with van der Waals surface area (Å²) in [6.07, 6.45) is 4.96.